The SMILES string of the molecule is C#CC(C)NCc1ccc(OCCCCC)cc1. The van der Waals surface area contributed by atoms with Gasteiger partial charge in [0.2, 0.25) is 0 Å². The van der Waals surface area contributed by atoms with Crippen molar-refractivity contribution in [3.05, 3.63) is 29.8 Å². The van der Waals surface area contributed by atoms with E-state index in [1.165, 1.54) is 18.4 Å². The van der Waals surface area contributed by atoms with Crippen LogP contribution in [0.15, 0.2) is 24.3 Å². The fourth-order valence-electron chi connectivity index (χ4n) is 1.58. The van der Waals surface area contributed by atoms with Gasteiger partial charge in [-0.25, -0.2) is 0 Å². The number of benzene rings is 1. The summed E-state index contributed by atoms with van der Waals surface area (Å²) in [7, 11) is 0. The summed E-state index contributed by atoms with van der Waals surface area (Å²) in [6.07, 6.45) is 8.88. The van der Waals surface area contributed by atoms with Gasteiger partial charge in [0.25, 0.3) is 0 Å². The van der Waals surface area contributed by atoms with E-state index >= 15 is 0 Å². The normalized spacial score (nSPS) is 11.8. The molecule has 0 aliphatic heterocycles. The zero-order chi connectivity index (χ0) is 13.2. The second-order valence-electron chi connectivity index (χ2n) is 4.47. The van der Waals surface area contributed by atoms with Crippen LogP contribution in [0.2, 0.25) is 0 Å². The molecule has 1 atom stereocenters. The molecule has 0 fully saturated rings. The second-order valence-corrected chi connectivity index (χ2v) is 4.47. The van der Waals surface area contributed by atoms with Crippen LogP contribution in [-0.2, 0) is 6.54 Å². The maximum atomic E-state index is 5.66. The van der Waals surface area contributed by atoms with Crippen molar-refractivity contribution in [2.24, 2.45) is 0 Å². The molecule has 1 N–H and O–H groups in total. The minimum Gasteiger partial charge on any atom is -0.494 e. The first-order chi connectivity index (χ1) is 8.76. The molecule has 98 valence electrons. The van der Waals surface area contributed by atoms with E-state index in [0.717, 1.165) is 25.3 Å². The van der Waals surface area contributed by atoms with E-state index in [4.69, 9.17) is 11.2 Å². The minimum atomic E-state index is 0.106. The van der Waals surface area contributed by atoms with Gasteiger partial charge in [-0.15, -0.1) is 6.42 Å². The molecule has 0 radical (unpaired) electrons. The molecule has 0 amide bonds. The zero-order valence-electron chi connectivity index (χ0n) is 11.4. The summed E-state index contributed by atoms with van der Waals surface area (Å²) in [5.74, 6) is 3.59. The van der Waals surface area contributed by atoms with Crippen LogP contribution >= 0.6 is 0 Å². The molecule has 0 spiro atoms. The predicted molar refractivity (Wildman–Crippen MR) is 76.6 cm³/mol. The molecule has 1 rings (SSSR count). The van der Waals surface area contributed by atoms with Gasteiger partial charge < -0.3 is 4.74 Å². The first kappa shape index (κ1) is 14.6. The van der Waals surface area contributed by atoms with E-state index in [1.54, 1.807) is 0 Å². The third kappa shape index (κ3) is 5.75. The summed E-state index contributed by atoms with van der Waals surface area (Å²) < 4.78 is 5.66. The standard InChI is InChI=1S/C16H23NO/c1-4-6-7-12-18-16-10-8-15(9-11-16)13-17-14(3)5-2/h2,8-11,14,17H,4,6-7,12-13H2,1,3H3. The Labute approximate surface area is 111 Å². The maximum Gasteiger partial charge on any atom is 0.119 e. The van der Waals surface area contributed by atoms with E-state index in [-0.39, 0.29) is 6.04 Å². The first-order valence-corrected chi connectivity index (χ1v) is 6.67. The lowest BCUT2D eigenvalue weighted by Gasteiger charge is -2.09. The van der Waals surface area contributed by atoms with Gasteiger partial charge in [0, 0.05) is 6.54 Å². The molecule has 0 saturated carbocycles. The molecule has 1 aromatic carbocycles. The number of hydrogen-bond acceptors (Lipinski definition) is 2. The van der Waals surface area contributed by atoms with Gasteiger partial charge in [-0.2, -0.15) is 0 Å². The molecule has 1 unspecified atom stereocenters. The quantitative estimate of drug-likeness (QED) is 0.560. The first-order valence-electron chi connectivity index (χ1n) is 6.67. The summed E-state index contributed by atoms with van der Waals surface area (Å²) in [6.45, 7) is 5.77. The lowest BCUT2D eigenvalue weighted by molar-refractivity contribution is 0.306. The Morgan fingerprint density at radius 3 is 2.61 bits per heavy atom. The molecule has 2 nitrogen and oxygen atoms in total. The summed E-state index contributed by atoms with van der Waals surface area (Å²) in [5, 5.41) is 3.25. The van der Waals surface area contributed by atoms with Gasteiger partial charge in [-0.3, -0.25) is 5.32 Å². The summed E-state index contributed by atoms with van der Waals surface area (Å²) in [5.41, 5.74) is 1.22. The number of nitrogens with one attached hydrogen (secondary N) is 1. The van der Waals surface area contributed by atoms with E-state index in [2.05, 4.69) is 30.3 Å². The van der Waals surface area contributed by atoms with E-state index < -0.39 is 0 Å². The molecule has 2 heteroatoms. The van der Waals surface area contributed by atoms with Crippen molar-refractivity contribution in [1.82, 2.24) is 5.32 Å². The molecule has 0 bridgehead atoms. The van der Waals surface area contributed by atoms with Crippen LogP contribution in [0.1, 0.15) is 38.7 Å². The molecule has 1 aromatic rings. The highest BCUT2D eigenvalue weighted by atomic mass is 16.5. The Hall–Kier alpha value is -1.46. The Morgan fingerprint density at radius 1 is 1.28 bits per heavy atom. The number of unbranched alkanes of at least 4 members (excludes halogenated alkanes) is 2. The third-order valence-electron chi connectivity index (χ3n) is 2.80. The van der Waals surface area contributed by atoms with Gasteiger partial charge in [0.15, 0.2) is 0 Å². The molecule has 0 aromatic heterocycles. The summed E-state index contributed by atoms with van der Waals surface area (Å²) in [4.78, 5) is 0. The number of ether oxygens (including phenoxy) is 1. The van der Waals surface area contributed by atoms with E-state index in [1.807, 2.05) is 19.1 Å². The Morgan fingerprint density at radius 2 is 2.00 bits per heavy atom. The van der Waals surface area contributed by atoms with Gasteiger partial charge in [-0.05, 0) is 31.0 Å². The third-order valence-corrected chi connectivity index (χ3v) is 2.80. The van der Waals surface area contributed by atoms with Crippen LogP contribution in [0.3, 0.4) is 0 Å². The highest BCUT2D eigenvalue weighted by Crippen LogP contribution is 2.12. The predicted octanol–water partition coefficient (Wildman–Crippen LogP) is 3.37. The van der Waals surface area contributed by atoms with Gasteiger partial charge in [0.05, 0.1) is 12.6 Å². The van der Waals surface area contributed by atoms with Crippen molar-refractivity contribution in [2.75, 3.05) is 6.61 Å². The Bertz CT molecular complexity index is 364. The van der Waals surface area contributed by atoms with Crippen molar-refractivity contribution in [1.29, 1.82) is 0 Å². The molecule has 0 heterocycles. The average Bonchev–Trinajstić information content (AvgIpc) is 2.42. The number of rotatable bonds is 8. The van der Waals surface area contributed by atoms with Crippen molar-refractivity contribution >= 4 is 0 Å². The maximum absolute atomic E-state index is 5.66. The largest absolute Gasteiger partial charge is 0.494 e. The van der Waals surface area contributed by atoms with Gasteiger partial charge >= 0.3 is 0 Å². The molecular weight excluding hydrogens is 222 g/mol. The van der Waals surface area contributed by atoms with Crippen molar-refractivity contribution in [3.8, 4) is 18.1 Å². The van der Waals surface area contributed by atoms with Crippen LogP contribution < -0.4 is 10.1 Å². The van der Waals surface area contributed by atoms with Crippen LogP contribution in [0, 0.1) is 12.3 Å². The van der Waals surface area contributed by atoms with Crippen molar-refractivity contribution in [3.63, 3.8) is 0 Å². The second kappa shape index (κ2) is 8.60. The van der Waals surface area contributed by atoms with Crippen LogP contribution in [-0.4, -0.2) is 12.6 Å². The molecule has 18 heavy (non-hydrogen) atoms. The van der Waals surface area contributed by atoms with Gasteiger partial charge in [-0.1, -0.05) is 37.8 Å². The topological polar surface area (TPSA) is 21.3 Å². The zero-order valence-corrected chi connectivity index (χ0v) is 11.4. The fourth-order valence-corrected chi connectivity index (χ4v) is 1.58. The van der Waals surface area contributed by atoms with E-state index in [0.29, 0.717) is 0 Å². The monoisotopic (exact) mass is 245 g/mol. The summed E-state index contributed by atoms with van der Waals surface area (Å²) >= 11 is 0. The number of hydrogen-bond donors (Lipinski definition) is 1. The molecular formula is C16H23NO. The highest BCUT2D eigenvalue weighted by Gasteiger charge is 1.98. The fraction of sp³-hybridized carbons (Fsp3) is 0.500. The lowest BCUT2D eigenvalue weighted by Crippen LogP contribution is -2.23. The van der Waals surface area contributed by atoms with Crippen molar-refractivity contribution in [2.45, 2.75) is 45.7 Å². The summed E-state index contributed by atoms with van der Waals surface area (Å²) in [6, 6.07) is 8.29. The smallest absolute Gasteiger partial charge is 0.119 e. The van der Waals surface area contributed by atoms with Crippen molar-refractivity contribution < 1.29 is 4.74 Å². The molecule has 0 saturated heterocycles. The minimum absolute atomic E-state index is 0.106. The number of terminal acetylenes is 1. The van der Waals surface area contributed by atoms with Crippen LogP contribution in [0.25, 0.3) is 0 Å². The highest BCUT2D eigenvalue weighted by molar-refractivity contribution is 5.27. The lowest BCUT2D eigenvalue weighted by atomic mass is 10.2. The van der Waals surface area contributed by atoms with Crippen LogP contribution in [0.5, 0.6) is 5.75 Å². The average molecular weight is 245 g/mol. The van der Waals surface area contributed by atoms with E-state index in [9.17, 15) is 0 Å². The Balaban J connectivity index is 2.31. The van der Waals surface area contributed by atoms with Crippen LogP contribution in [0.4, 0.5) is 0 Å². The molecule has 0 aliphatic carbocycles. The Kier molecular flexibility index (Phi) is 6.98. The van der Waals surface area contributed by atoms with Gasteiger partial charge in [0.1, 0.15) is 5.75 Å². The molecule has 0 aliphatic rings.